The molecule has 11 aromatic rings. The first-order valence-corrected chi connectivity index (χ1v) is 26.5. The van der Waals surface area contributed by atoms with Crippen LogP contribution < -0.4 is 4.90 Å². The van der Waals surface area contributed by atoms with Crippen molar-refractivity contribution in [1.82, 2.24) is 0 Å². The first kappa shape index (κ1) is 43.4. The Morgan fingerprint density at radius 3 is 1.72 bits per heavy atom. The minimum Gasteiger partial charge on any atom is -0.455 e. The van der Waals surface area contributed by atoms with E-state index in [-0.39, 0.29) is 22.2 Å². The molecule has 2 aromatic heterocycles. The van der Waals surface area contributed by atoms with Crippen LogP contribution in [0.4, 0.5) is 11.4 Å². The minimum absolute atomic E-state index is 0.156. The largest absolute Gasteiger partial charge is 0.455 e. The maximum Gasteiger partial charge on any atom is 0.143 e. The molecular weight excluding hydrogens is 899 g/mol. The molecular formula is C71H57NO2. The highest BCUT2D eigenvalue weighted by Crippen LogP contribution is 2.61. The summed E-state index contributed by atoms with van der Waals surface area (Å²) in [5, 5.41) is 4.80. The molecule has 15 rings (SSSR count). The average Bonchev–Trinajstić information content (AvgIpc) is 4.30. The van der Waals surface area contributed by atoms with Crippen molar-refractivity contribution in [3.63, 3.8) is 0 Å². The normalized spacial score (nSPS) is 17.2. The number of furan rings is 2. The zero-order valence-electron chi connectivity index (χ0n) is 43.4. The van der Waals surface area contributed by atoms with Crippen LogP contribution in [0.3, 0.4) is 0 Å². The van der Waals surface area contributed by atoms with Crippen LogP contribution in [0.5, 0.6) is 0 Å². The van der Waals surface area contributed by atoms with Gasteiger partial charge in [-0.1, -0.05) is 192 Å². The molecule has 1 atom stereocenters. The number of anilines is 2. The third-order valence-electron chi connectivity index (χ3n) is 18.0. The maximum atomic E-state index is 6.91. The summed E-state index contributed by atoms with van der Waals surface area (Å²) in [6.07, 6.45) is 5.98. The zero-order chi connectivity index (χ0) is 50.2. The highest BCUT2D eigenvalue weighted by atomic mass is 16.3. The predicted molar refractivity (Wildman–Crippen MR) is 308 cm³/mol. The van der Waals surface area contributed by atoms with E-state index >= 15 is 0 Å². The van der Waals surface area contributed by atoms with E-state index in [2.05, 4.69) is 242 Å². The molecule has 4 aliphatic carbocycles. The molecule has 0 fully saturated rings. The van der Waals surface area contributed by atoms with Crippen molar-refractivity contribution in [3.8, 4) is 44.5 Å². The van der Waals surface area contributed by atoms with Gasteiger partial charge in [0.25, 0.3) is 0 Å². The van der Waals surface area contributed by atoms with Crippen molar-refractivity contribution >= 4 is 55.3 Å². The van der Waals surface area contributed by atoms with E-state index in [0.717, 1.165) is 51.0 Å². The summed E-state index contributed by atoms with van der Waals surface area (Å²) in [5.41, 5.74) is 28.6. The number of nitrogens with zero attached hydrogens (tertiary/aromatic N) is 1. The second-order valence-corrected chi connectivity index (χ2v) is 23.3. The van der Waals surface area contributed by atoms with Crippen molar-refractivity contribution in [3.05, 3.63) is 238 Å². The Morgan fingerprint density at radius 2 is 1.03 bits per heavy atom. The Labute approximate surface area is 433 Å². The number of benzene rings is 9. The Morgan fingerprint density at radius 1 is 0.459 bits per heavy atom. The number of hydrogen-bond acceptors (Lipinski definition) is 3. The van der Waals surface area contributed by atoms with E-state index in [1.807, 2.05) is 0 Å². The van der Waals surface area contributed by atoms with E-state index in [0.29, 0.717) is 0 Å². The molecule has 4 aliphatic rings. The average molecular weight is 956 g/mol. The van der Waals surface area contributed by atoms with Gasteiger partial charge in [-0.25, -0.2) is 0 Å². The van der Waals surface area contributed by atoms with E-state index in [1.54, 1.807) is 0 Å². The first-order valence-electron chi connectivity index (χ1n) is 26.5. The van der Waals surface area contributed by atoms with Gasteiger partial charge < -0.3 is 13.7 Å². The second kappa shape index (κ2) is 15.0. The van der Waals surface area contributed by atoms with Gasteiger partial charge in [0, 0.05) is 71.8 Å². The van der Waals surface area contributed by atoms with Crippen LogP contribution in [-0.2, 0) is 16.2 Å². The monoisotopic (exact) mass is 955 g/mol. The van der Waals surface area contributed by atoms with Crippen molar-refractivity contribution in [2.45, 2.75) is 84.0 Å². The van der Waals surface area contributed by atoms with E-state index < -0.39 is 0 Å². The van der Waals surface area contributed by atoms with Crippen LogP contribution in [-0.4, -0.2) is 0 Å². The maximum absolute atomic E-state index is 6.91. The molecule has 3 nitrogen and oxygen atoms in total. The molecule has 0 radical (unpaired) electrons. The first-order chi connectivity index (χ1) is 35.8. The fraction of sp³-hybridized carbons (Fsp3) is 0.183. The molecule has 0 aliphatic heterocycles. The van der Waals surface area contributed by atoms with Crippen LogP contribution in [0.15, 0.2) is 202 Å². The summed E-state index contributed by atoms with van der Waals surface area (Å²) in [7, 11) is 0. The van der Waals surface area contributed by atoms with Gasteiger partial charge >= 0.3 is 0 Å². The molecule has 0 spiro atoms. The number of allylic oxidation sites excluding steroid dienone is 3. The summed E-state index contributed by atoms with van der Waals surface area (Å²) < 4.78 is 13.8. The minimum atomic E-state index is -0.320. The lowest BCUT2D eigenvalue weighted by molar-refractivity contribution is 0.609. The zero-order valence-corrected chi connectivity index (χ0v) is 43.4. The Balaban J connectivity index is 0.950. The molecule has 2 heterocycles. The van der Waals surface area contributed by atoms with Crippen molar-refractivity contribution in [2.24, 2.45) is 0 Å². The molecule has 0 N–H and O–H groups in total. The summed E-state index contributed by atoms with van der Waals surface area (Å²) in [6, 6.07) is 63.4. The van der Waals surface area contributed by atoms with Gasteiger partial charge in [-0.3, -0.25) is 0 Å². The Hall–Kier alpha value is -8.14. The van der Waals surface area contributed by atoms with Gasteiger partial charge in [0.2, 0.25) is 0 Å². The Bertz CT molecular complexity index is 4320. The number of aryl methyl sites for hydroxylation is 2. The third kappa shape index (κ3) is 5.78. The lowest BCUT2D eigenvalue weighted by atomic mass is 9.78. The quantitative estimate of drug-likeness (QED) is 0.172. The van der Waals surface area contributed by atoms with Gasteiger partial charge in [0.15, 0.2) is 0 Å². The van der Waals surface area contributed by atoms with Gasteiger partial charge in [0.05, 0.1) is 5.69 Å². The summed E-state index contributed by atoms with van der Waals surface area (Å²) in [5.74, 6) is 0.200. The predicted octanol–water partition coefficient (Wildman–Crippen LogP) is 19.5. The topological polar surface area (TPSA) is 29.5 Å². The lowest BCUT2D eigenvalue weighted by Crippen LogP contribution is -2.24. The molecule has 358 valence electrons. The van der Waals surface area contributed by atoms with E-state index in [4.69, 9.17) is 8.83 Å². The highest BCUT2D eigenvalue weighted by Gasteiger charge is 2.47. The van der Waals surface area contributed by atoms with Gasteiger partial charge in [-0.2, -0.15) is 0 Å². The number of rotatable bonds is 5. The van der Waals surface area contributed by atoms with Gasteiger partial charge in [-0.15, -0.1) is 0 Å². The molecule has 0 saturated heterocycles. The number of hydrogen-bond donors (Lipinski definition) is 0. The smallest absolute Gasteiger partial charge is 0.143 e. The fourth-order valence-electron chi connectivity index (χ4n) is 14.2. The third-order valence-corrected chi connectivity index (χ3v) is 18.0. The van der Waals surface area contributed by atoms with Crippen LogP contribution in [0, 0.1) is 13.8 Å². The summed E-state index contributed by atoms with van der Waals surface area (Å²) in [4.78, 5) is 2.61. The molecule has 0 bridgehead atoms. The van der Waals surface area contributed by atoms with Crippen molar-refractivity contribution in [1.29, 1.82) is 0 Å². The summed E-state index contributed by atoms with van der Waals surface area (Å²) >= 11 is 0. The van der Waals surface area contributed by atoms with E-state index in [1.165, 1.54) is 111 Å². The molecule has 1 unspecified atom stereocenters. The number of para-hydroxylation sites is 2. The van der Waals surface area contributed by atoms with Crippen molar-refractivity contribution in [2.75, 3.05) is 4.90 Å². The standard InChI is InChI=1S/C71H57NO2/c1-40-24-28-42(29-25-40)51-38-57-63(65-49-17-10-13-22-60(49)73-67(51)65)47-34-32-44(36-55(47)70(57,5)6)72(59-21-15-20-54-62(59)46-16-9-12-19-53(46)69(54,3)4)45-33-35-48-56(37-45)71(7,8)58-39-52(43-30-26-41(2)27-31-43)68-66(64(48)58)50-18-11-14-23-61(50)74-68/h9-34,36-39,48H,35H2,1-8H3. The van der Waals surface area contributed by atoms with Gasteiger partial charge in [-0.05, 0) is 130 Å². The molecule has 0 saturated carbocycles. The van der Waals surface area contributed by atoms with Crippen LogP contribution in [0.2, 0.25) is 0 Å². The molecule has 3 heteroatoms. The molecule has 74 heavy (non-hydrogen) atoms. The highest BCUT2D eigenvalue weighted by molar-refractivity contribution is 6.19. The van der Waals surface area contributed by atoms with Crippen molar-refractivity contribution < 1.29 is 8.83 Å². The summed E-state index contributed by atoms with van der Waals surface area (Å²) in [6.45, 7) is 18.9. The van der Waals surface area contributed by atoms with E-state index in [9.17, 15) is 0 Å². The fourth-order valence-corrected chi connectivity index (χ4v) is 14.2. The molecule has 9 aromatic carbocycles. The van der Waals surface area contributed by atoms with Gasteiger partial charge in [0.1, 0.15) is 22.3 Å². The van der Waals surface area contributed by atoms with Crippen LogP contribution >= 0.6 is 0 Å². The molecule has 0 amide bonds. The SMILES string of the molecule is Cc1ccc(-c2cc3c(c4c2oc2ccccc24)-c2ccc(N(C4=CCC5C(=C4)C(C)(C)c4cc(-c6ccc(C)cc6)c6oc7ccccc7c6c45)c4cccc5c4-c4ccccc4C5(C)C)cc2C3(C)C)cc1. The van der Waals surface area contributed by atoms with Crippen LogP contribution in [0.25, 0.3) is 88.4 Å². The van der Waals surface area contributed by atoms with Crippen LogP contribution in [0.1, 0.15) is 98.4 Å². The second-order valence-electron chi connectivity index (χ2n) is 23.3. The Kier molecular flexibility index (Phi) is 8.80. The number of fused-ring (bicyclic) bond motifs is 17. The lowest BCUT2D eigenvalue weighted by Gasteiger charge is -2.34.